The molecule has 0 heterocycles. The second kappa shape index (κ2) is 5.86. The lowest BCUT2D eigenvalue weighted by molar-refractivity contribution is -0.00272. The zero-order valence-electron chi connectivity index (χ0n) is 10.8. The van der Waals surface area contributed by atoms with Gasteiger partial charge in [0.05, 0.1) is 6.61 Å². The van der Waals surface area contributed by atoms with Crippen molar-refractivity contribution in [3.05, 3.63) is 0 Å². The average Bonchev–Trinajstić information content (AvgIpc) is 2.27. The molecule has 0 aromatic heterocycles. The van der Waals surface area contributed by atoms with Crippen molar-refractivity contribution in [2.45, 2.75) is 65.8 Å². The van der Waals surface area contributed by atoms with Crippen molar-refractivity contribution in [3.8, 4) is 0 Å². The van der Waals surface area contributed by atoms with E-state index in [9.17, 15) is 0 Å². The summed E-state index contributed by atoms with van der Waals surface area (Å²) in [5.74, 6) is 0.611. The van der Waals surface area contributed by atoms with E-state index in [1.165, 1.54) is 32.1 Å². The molecule has 2 heteroatoms. The minimum absolute atomic E-state index is 0.536. The van der Waals surface area contributed by atoms with E-state index in [1.54, 1.807) is 0 Å². The Bertz CT molecular complexity index is 177. The first-order valence-electron chi connectivity index (χ1n) is 6.37. The van der Waals surface area contributed by atoms with Crippen LogP contribution in [0.1, 0.15) is 59.8 Å². The number of hydrogen-bond acceptors (Lipinski definition) is 2. The van der Waals surface area contributed by atoms with Crippen LogP contribution in [0.5, 0.6) is 0 Å². The van der Waals surface area contributed by atoms with Crippen molar-refractivity contribution >= 4 is 0 Å². The Balaban J connectivity index is 2.20. The van der Waals surface area contributed by atoms with Crippen LogP contribution in [-0.4, -0.2) is 12.6 Å². The molecule has 0 bridgehead atoms. The van der Waals surface area contributed by atoms with Gasteiger partial charge >= 0.3 is 0 Å². The Morgan fingerprint density at radius 3 is 2.67 bits per heavy atom. The van der Waals surface area contributed by atoms with Crippen LogP contribution in [-0.2, 0) is 4.84 Å². The fraction of sp³-hybridized carbons (Fsp3) is 1.00. The van der Waals surface area contributed by atoms with Crippen LogP contribution >= 0.6 is 0 Å². The van der Waals surface area contributed by atoms with Crippen molar-refractivity contribution in [3.63, 3.8) is 0 Å². The molecule has 0 aromatic carbocycles. The number of hydrogen-bond donors (Lipinski definition) is 1. The maximum atomic E-state index is 5.51. The second-order valence-electron chi connectivity index (χ2n) is 6.11. The fourth-order valence-electron chi connectivity index (χ4n) is 2.11. The summed E-state index contributed by atoms with van der Waals surface area (Å²) < 4.78 is 0. The second-order valence-corrected chi connectivity index (χ2v) is 6.11. The summed E-state index contributed by atoms with van der Waals surface area (Å²) in [6.07, 6.45) is 6.52. The highest BCUT2D eigenvalue weighted by atomic mass is 16.6. The van der Waals surface area contributed by atoms with Gasteiger partial charge in [-0.05, 0) is 37.0 Å². The molecule has 90 valence electrons. The van der Waals surface area contributed by atoms with E-state index in [1.807, 2.05) is 0 Å². The van der Waals surface area contributed by atoms with Gasteiger partial charge in [0.15, 0.2) is 0 Å². The standard InChI is InChI=1S/C13H27NO/c1-11(2)10-15-14-12-6-5-8-13(3,4)9-7-12/h11-12,14H,5-10H2,1-4H3. The van der Waals surface area contributed by atoms with Gasteiger partial charge in [-0.25, -0.2) is 0 Å². The molecule has 0 radical (unpaired) electrons. The molecular weight excluding hydrogens is 186 g/mol. The van der Waals surface area contributed by atoms with Crippen LogP contribution in [0.15, 0.2) is 0 Å². The van der Waals surface area contributed by atoms with E-state index < -0.39 is 0 Å². The van der Waals surface area contributed by atoms with Crippen LogP contribution in [0.4, 0.5) is 0 Å². The highest BCUT2D eigenvalue weighted by molar-refractivity contribution is 4.77. The molecule has 15 heavy (non-hydrogen) atoms. The number of nitrogens with one attached hydrogen (secondary N) is 1. The van der Waals surface area contributed by atoms with Crippen molar-refractivity contribution < 1.29 is 4.84 Å². The van der Waals surface area contributed by atoms with Crippen LogP contribution < -0.4 is 5.48 Å². The third-order valence-corrected chi connectivity index (χ3v) is 3.24. The van der Waals surface area contributed by atoms with E-state index in [0.29, 0.717) is 17.4 Å². The molecule has 0 aromatic rings. The molecule has 0 spiro atoms. The van der Waals surface area contributed by atoms with Gasteiger partial charge in [0.2, 0.25) is 0 Å². The zero-order chi connectivity index (χ0) is 11.3. The first kappa shape index (κ1) is 13.0. The lowest BCUT2D eigenvalue weighted by Crippen LogP contribution is -2.30. The Hall–Kier alpha value is -0.0800. The van der Waals surface area contributed by atoms with Gasteiger partial charge in [-0.1, -0.05) is 34.1 Å². The molecule has 1 N–H and O–H groups in total. The zero-order valence-corrected chi connectivity index (χ0v) is 10.8. The summed E-state index contributed by atoms with van der Waals surface area (Å²) in [4.78, 5) is 5.51. The van der Waals surface area contributed by atoms with E-state index in [4.69, 9.17) is 4.84 Å². The summed E-state index contributed by atoms with van der Waals surface area (Å²) in [5.41, 5.74) is 3.77. The molecule has 2 nitrogen and oxygen atoms in total. The van der Waals surface area contributed by atoms with Crippen LogP contribution in [0.2, 0.25) is 0 Å². The van der Waals surface area contributed by atoms with Crippen LogP contribution in [0.3, 0.4) is 0 Å². The Kier molecular flexibility index (Phi) is 5.07. The van der Waals surface area contributed by atoms with Gasteiger partial charge in [0, 0.05) is 6.04 Å². The highest BCUT2D eigenvalue weighted by Gasteiger charge is 2.24. The maximum absolute atomic E-state index is 5.51. The molecule has 1 aliphatic carbocycles. The van der Waals surface area contributed by atoms with Crippen LogP contribution in [0, 0.1) is 11.3 Å². The normalized spacial score (nSPS) is 26.6. The van der Waals surface area contributed by atoms with Gasteiger partial charge in [-0.2, -0.15) is 5.48 Å². The topological polar surface area (TPSA) is 21.3 Å². The van der Waals surface area contributed by atoms with Crippen LogP contribution in [0.25, 0.3) is 0 Å². The molecule has 1 unspecified atom stereocenters. The van der Waals surface area contributed by atoms with Crippen molar-refractivity contribution in [2.24, 2.45) is 11.3 Å². The molecule has 1 fully saturated rings. The monoisotopic (exact) mass is 213 g/mol. The molecule has 1 saturated carbocycles. The SMILES string of the molecule is CC(C)CONC1CCCC(C)(C)CC1. The summed E-state index contributed by atoms with van der Waals surface area (Å²) in [6.45, 7) is 9.93. The predicted octanol–water partition coefficient (Wildman–Crippen LogP) is 3.52. The third-order valence-electron chi connectivity index (χ3n) is 3.24. The fourth-order valence-corrected chi connectivity index (χ4v) is 2.11. The summed E-state index contributed by atoms with van der Waals surface area (Å²) >= 11 is 0. The van der Waals surface area contributed by atoms with Gasteiger partial charge in [0.25, 0.3) is 0 Å². The predicted molar refractivity (Wildman–Crippen MR) is 64.6 cm³/mol. The minimum Gasteiger partial charge on any atom is -0.301 e. The van der Waals surface area contributed by atoms with Gasteiger partial charge in [-0.15, -0.1) is 0 Å². The quantitative estimate of drug-likeness (QED) is 0.570. The van der Waals surface area contributed by atoms with Gasteiger partial charge < -0.3 is 4.84 Å². The Morgan fingerprint density at radius 2 is 2.00 bits per heavy atom. The first-order chi connectivity index (χ1) is 6.99. The van der Waals surface area contributed by atoms with E-state index in [0.717, 1.165) is 6.61 Å². The summed E-state index contributed by atoms with van der Waals surface area (Å²) in [5, 5.41) is 0. The van der Waals surface area contributed by atoms with Crippen molar-refractivity contribution in [2.75, 3.05) is 6.61 Å². The Labute approximate surface area is 94.7 Å². The van der Waals surface area contributed by atoms with Crippen molar-refractivity contribution in [1.82, 2.24) is 5.48 Å². The first-order valence-corrected chi connectivity index (χ1v) is 6.37. The minimum atomic E-state index is 0.536. The van der Waals surface area contributed by atoms with Crippen molar-refractivity contribution in [1.29, 1.82) is 0 Å². The maximum Gasteiger partial charge on any atom is 0.0705 e. The summed E-state index contributed by atoms with van der Waals surface area (Å²) in [7, 11) is 0. The van der Waals surface area contributed by atoms with Gasteiger partial charge in [0.1, 0.15) is 0 Å². The molecular formula is C13H27NO. The van der Waals surface area contributed by atoms with E-state index in [-0.39, 0.29) is 0 Å². The Morgan fingerprint density at radius 1 is 1.27 bits per heavy atom. The third kappa shape index (κ3) is 5.53. The number of rotatable bonds is 4. The summed E-state index contributed by atoms with van der Waals surface area (Å²) in [6, 6.07) is 0.575. The molecule has 1 rings (SSSR count). The lowest BCUT2D eigenvalue weighted by atomic mass is 9.85. The van der Waals surface area contributed by atoms with E-state index >= 15 is 0 Å². The number of hydroxylamine groups is 1. The van der Waals surface area contributed by atoms with E-state index in [2.05, 4.69) is 33.2 Å². The lowest BCUT2D eigenvalue weighted by Gasteiger charge is -2.22. The smallest absolute Gasteiger partial charge is 0.0705 e. The molecule has 0 aliphatic heterocycles. The molecule has 0 amide bonds. The molecule has 0 saturated heterocycles. The molecule has 1 aliphatic rings. The highest BCUT2D eigenvalue weighted by Crippen LogP contribution is 2.33. The largest absolute Gasteiger partial charge is 0.301 e. The molecule has 1 atom stereocenters. The van der Waals surface area contributed by atoms with Gasteiger partial charge in [-0.3, -0.25) is 0 Å². The average molecular weight is 213 g/mol.